The second kappa shape index (κ2) is 5.96. The van der Waals surface area contributed by atoms with Crippen LogP contribution in [0.2, 0.25) is 0 Å². The summed E-state index contributed by atoms with van der Waals surface area (Å²) in [5.41, 5.74) is 5.94. The molecule has 0 aliphatic carbocycles. The van der Waals surface area contributed by atoms with Crippen LogP contribution in [0.3, 0.4) is 0 Å². The van der Waals surface area contributed by atoms with E-state index < -0.39 is 0 Å². The SMILES string of the molecule is CC(=NNC(=O)c1ccccc1C)c1ccccc1. The van der Waals surface area contributed by atoms with E-state index in [1.807, 2.05) is 62.4 Å². The summed E-state index contributed by atoms with van der Waals surface area (Å²) >= 11 is 0. The number of hydrogen-bond acceptors (Lipinski definition) is 2. The number of hydrazone groups is 1. The molecule has 0 aliphatic heterocycles. The van der Waals surface area contributed by atoms with E-state index in [4.69, 9.17) is 0 Å². The first-order valence-corrected chi connectivity index (χ1v) is 6.14. The number of nitrogens with one attached hydrogen (secondary N) is 1. The Labute approximate surface area is 113 Å². The first kappa shape index (κ1) is 13.0. The molecule has 1 N–H and O–H groups in total. The van der Waals surface area contributed by atoms with E-state index >= 15 is 0 Å². The van der Waals surface area contributed by atoms with Crippen LogP contribution in [-0.4, -0.2) is 11.6 Å². The molecule has 19 heavy (non-hydrogen) atoms. The third kappa shape index (κ3) is 3.28. The number of aryl methyl sites for hydroxylation is 1. The fourth-order valence-corrected chi connectivity index (χ4v) is 1.77. The van der Waals surface area contributed by atoms with Crippen molar-refractivity contribution in [2.45, 2.75) is 13.8 Å². The third-order valence-corrected chi connectivity index (χ3v) is 2.91. The van der Waals surface area contributed by atoms with Gasteiger partial charge in [-0.05, 0) is 31.0 Å². The summed E-state index contributed by atoms with van der Waals surface area (Å²) in [5.74, 6) is -0.187. The van der Waals surface area contributed by atoms with Crippen molar-refractivity contribution in [3.05, 3.63) is 71.3 Å². The molecular weight excluding hydrogens is 236 g/mol. The number of carbonyl (C=O) groups is 1. The molecule has 3 heteroatoms. The third-order valence-electron chi connectivity index (χ3n) is 2.91. The minimum absolute atomic E-state index is 0.187. The molecule has 2 aromatic rings. The molecule has 2 rings (SSSR count). The van der Waals surface area contributed by atoms with Crippen LogP contribution in [0.1, 0.15) is 28.4 Å². The Balaban J connectivity index is 2.11. The normalized spacial score (nSPS) is 11.2. The van der Waals surface area contributed by atoms with Gasteiger partial charge in [-0.25, -0.2) is 5.43 Å². The molecule has 0 heterocycles. The van der Waals surface area contributed by atoms with Gasteiger partial charge in [0.2, 0.25) is 0 Å². The van der Waals surface area contributed by atoms with Crippen LogP contribution < -0.4 is 5.43 Å². The van der Waals surface area contributed by atoms with Crippen molar-refractivity contribution in [1.82, 2.24) is 5.43 Å². The zero-order valence-corrected chi connectivity index (χ0v) is 11.1. The molecule has 0 fully saturated rings. The second-order valence-corrected chi connectivity index (χ2v) is 4.32. The van der Waals surface area contributed by atoms with Crippen molar-refractivity contribution in [2.75, 3.05) is 0 Å². The molecule has 3 nitrogen and oxygen atoms in total. The van der Waals surface area contributed by atoms with E-state index in [-0.39, 0.29) is 5.91 Å². The standard InChI is InChI=1S/C16H16N2O/c1-12-8-6-7-11-15(12)16(19)18-17-13(2)14-9-4-3-5-10-14/h3-11H,1-2H3,(H,18,19). The Morgan fingerprint density at radius 2 is 1.63 bits per heavy atom. The van der Waals surface area contributed by atoms with Crippen LogP contribution in [0.15, 0.2) is 59.7 Å². The monoisotopic (exact) mass is 252 g/mol. The molecule has 0 atom stereocenters. The van der Waals surface area contributed by atoms with Crippen LogP contribution in [-0.2, 0) is 0 Å². The van der Waals surface area contributed by atoms with Gasteiger partial charge in [-0.15, -0.1) is 0 Å². The number of amides is 1. The molecular formula is C16H16N2O. The lowest BCUT2D eigenvalue weighted by Crippen LogP contribution is -2.20. The topological polar surface area (TPSA) is 41.5 Å². The van der Waals surface area contributed by atoms with Crippen LogP contribution in [0.25, 0.3) is 0 Å². The van der Waals surface area contributed by atoms with Crippen molar-refractivity contribution in [3.63, 3.8) is 0 Å². The van der Waals surface area contributed by atoms with Crippen molar-refractivity contribution >= 4 is 11.6 Å². The van der Waals surface area contributed by atoms with E-state index in [1.165, 1.54) is 0 Å². The molecule has 0 aromatic heterocycles. The summed E-state index contributed by atoms with van der Waals surface area (Å²) in [6.07, 6.45) is 0. The molecule has 0 saturated carbocycles. The fraction of sp³-hybridized carbons (Fsp3) is 0.125. The average Bonchev–Trinajstić information content (AvgIpc) is 2.46. The number of rotatable bonds is 3. The minimum atomic E-state index is -0.187. The largest absolute Gasteiger partial charge is 0.271 e. The number of benzene rings is 2. The maximum atomic E-state index is 12.0. The summed E-state index contributed by atoms with van der Waals surface area (Å²) in [4.78, 5) is 12.0. The minimum Gasteiger partial charge on any atom is -0.267 e. The van der Waals surface area contributed by atoms with Crippen molar-refractivity contribution in [2.24, 2.45) is 5.10 Å². The van der Waals surface area contributed by atoms with Gasteiger partial charge < -0.3 is 0 Å². The van der Waals surface area contributed by atoms with E-state index in [0.717, 1.165) is 16.8 Å². The second-order valence-electron chi connectivity index (χ2n) is 4.32. The predicted octanol–water partition coefficient (Wildman–Crippen LogP) is 3.15. The van der Waals surface area contributed by atoms with E-state index in [2.05, 4.69) is 10.5 Å². The highest BCUT2D eigenvalue weighted by Gasteiger charge is 2.07. The van der Waals surface area contributed by atoms with Gasteiger partial charge in [0.25, 0.3) is 5.91 Å². The Bertz CT molecular complexity index is 603. The predicted molar refractivity (Wildman–Crippen MR) is 77.3 cm³/mol. The molecule has 0 bridgehead atoms. The maximum absolute atomic E-state index is 12.0. The van der Waals surface area contributed by atoms with Gasteiger partial charge in [0, 0.05) is 5.56 Å². The first-order valence-electron chi connectivity index (χ1n) is 6.14. The lowest BCUT2D eigenvalue weighted by atomic mass is 10.1. The fourth-order valence-electron chi connectivity index (χ4n) is 1.77. The quantitative estimate of drug-likeness (QED) is 0.661. The van der Waals surface area contributed by atoms with Gasteiger partial charge in [0.05, 0.1) is 5.71 Å². The highest BCUT2D eigenvalue weighted by molar-refractivity contribution is 6.01. The summed E-state index contributed by atoms with van der Waals surface area (Å²) in [6.45, 7) is 3.77. The summed E-state index contributed by atoms with van der Waals surface area (Å²) in [7, 11) is 0. The van der Waals surface area contributed by atoms with E-state index in [0.29, 0.717) is 5.56 Å². The zero-order chi connectivity index (χ0) is 13.7. The Morgan fingerprint density at radius 3 is 2.32 bits per heavy atom. The first-order chi connectivity index (χ1) is 9.18. The number of hydrogen-bond donors (Lipinski definition) is 1. The molecule has 0 saturated heterocycles. The summed E-state index contributed by atoms with van der Waals surface area (Å²) < 4.78 is 0. The van der Waals surface area contributed by atoms with Crippen LogP contribution in [0, 0.1) is 6.92 Å². The highest BCUT2D eigenvalue weighted by Crippen LogP contribution is 2.06. The van der Waals surface area contributed by atoms with Gasteiger partial charge in [0.1, 0.15) is 0 Å². The maximum Gasteiger partial charge on any atom is 0.271 e. The van der Waals surface area contributed by atoms with Crippen molar-refractivity contribution in [3.8, 4) is 0 Å². The molecule has 2 aromatic carbocycles. The van der Waals surface area contributed by atoms with Gasteiger partial charge in [0.15, 0.2) is 0 Å². The molecule has 0 aliphatic rings. The number of carbonyl (C=O) groups excluding carboxylic acids is 1. The Hall–Kier alpha value is -2.42. The van der Waals surface area contributed by atoms with Gasteiger partial charge in [-0.3, -0.25) is 4.79 Å². The summed E-state index contributed by atoms with van der Waals surface area (Å²) in [5, 5.41) is 4.13. The van der Waals surface area contributed by atoms with Crippen LogP contribution >= 0.6 is 0 Å². The van der Waals surface area contributed by atoms with Gasteiger partial charge in [-0.1, -0.05) is 48.5 Å². The molecule has 1 amide bonds. The van der Waals surface area contributed by atoms with E-state index in [1.54, 1.807) is 6.07 Å². The smallest absolute Gasteiger partial charge is 0.267 e. The van der Waals surface area contributed by atoms with Gasteiger partial charge >= 0.3 is 0 Å². The molecule has 0 spiro atoms. The average molecular weight is 252 g/mol. The highest BCUT2D eigenvalue weighted by atomic mass is 16.2. The van der Waals surface area contributed by atoms with E-state index in [9.17, 15) is 4.79 Å². The van der Waals surface area contributed by atoms with Crippen LogP contribution in [0.5, 0.6) is 0 Å². The summed E-state index contributed by atoms with van der Waals surface area (Å²) in [6, 6.07) is 17.2. The van der Waals surface area contributed by atoms with Crippen molar-refractivity contribution in [1.29, 1.82) is 0 Å². The van der Waals surface area contributed by atoms with Crippen molar-refractivity contribution < 1.29 is 4.79 Å². The Kier molecular flexibility index (Phi) is 4.08. The van der Waals surface area contributed by atoms with Crippen LogP contribution in [0.4, 0.5) is 0 Å². The Morgan fingerprint density at radius 1 is 1.00 bits per heavy atom. The molecule has 96 valence electrons. The molecule has 0 radical (unpaired) electrons. The zero-order valence-electron chi connectivity index (χ0n) is 11.1. The molecule has 0 unspecified atom stereocenters. The lowest BCUT2D eigenvalue weighted by molar-refractivity contribution is 0.0954. The number of nitrogens with zero attached hydrogens (tertiary/aromatic N) is 1. The van der Waals surface area contributed by atoms with Gasteiger partial charge in [-0.2, -0.15) is 5.10 Å². The lowest BCUT2D eigenvalue weighted by Gasteiger charge is -2.05.